The highest BCUT2D eigenvalue weighted by atomic mass is 79.9. The summed E-state index contributed by atoms with van der Waals surface area (Å²) in [6.45, 7) is 0. The summed E-state index contributed by atoms with van der Waals surface area (Å²) < 4.78 is 51.7. The summed E-state index contributed by atoms with van der Waals surface area (Å²) in [6, 6.07) is 11.9. The zero-order chi connectivity index (χ0) is 29.0. The molecule has 0 fully saturated rings. The van der Waals surface area contributed by atoms with E-state index in [1.54, 1.807) is 0 Å². The minimum absolute atomic E-state index is 0.255. The molecule has 2 aromatic carbocycles. The maximum Gasteiger partial charge on any atom is 0.488 e. The van der Waals surface area contributed by atoms with E-state index >= 15 is 0 Å². The van der Waals surface area contributed by atoms with Gasteiger partial charge in [-0.15, -0.1) is 0 Å². The molecule has 0 saturated carbocycles. The third-order valence-corrected chi connectivity index (χ3v) is 7.45. The molecule has 12 heteroatoms. The molecular weight excluding hydrogens is 591 g/mol. The summed E-state index contributed by atoms with van der Waals surface area (Å²) >= 11 is 3.42. The second-order valence-electron chi connectivity index (χ2n) is 9.39. The molecule has 2 aliphatic rings. The minimum Gasteiger partial charge on any atom is -0.423 e. The van der Waals surface area contributed by atoms with Crippen LogP contribution in [-0.4, -0.2) is 27.1 Å². The standard InChI is InChI=1S/C14H12F2N2.C9H10BrN.C5H4BF2NO2/c15-12-6-9(7-13(16)18-12)11-5-4-8-2-1-3-10(8)14(11)17;10-8-5-4-6-2-1-3-7(6)9(8)11;7-4-1-3(6(10)11)2-5(8)9-4/h4-7H,1-3,17H2;4-5H,1-3,11H2;1-2,10-11H. The first-order chi connectivity index (χ1) is 19.0. The normalized spacial score (nSPS) is 13.0. The maximum absolute atomic E-state index is 13.1. The molecule has 0 aliphatic heterocycles. The van der Waals surface area contributed by atoms with Gasteiger partial charge in [-0.1, -0.05) is 18.2 Å². The summed E-state index contributed by atoms with van der Waals surface area (Å²) in [5, 5.41) is 16.9. The number of rotatable bonds is 2. The van der Waals surface area contributed by atoms with Crippen LogP contribution in [0, 0.1) is 23.8 Å². The summed E-state index contributed by atoms with van der Waals surface area (Å²) in [5.41, 5.74) is 19.6. The quantitative estimate of drug-likeness (QED) is 0.113. The fraction of sp³-hybridized carbons (Fsp3) is 0.214. The molecule has 0 amide bonds. The molecule has 0 atom stereocenters. The second kappa shape index (κ2) is 12.8. The molecule has 6 nitrogen and oxygen atoms in total. The number of nitrogens with two attached hydrogens (primary N) is 2. The summed E-state index contributed by atoms with van der Waals surface area (Å²) in [7, 11) is -1.87. The highest BCUT2D eigenvalue weighted by Crippen LogP contribution is 2.35. The number of halogens is 5. The molecule has 0 spiro atoms. The molecule has 0 unspecified atom stereocenters. The number of nitrogens with zero attached hydrogens (tertiary/aromatic N) is 2. The first kappa shape index (κ1) is 29.5. The van der Waals surface area contributed by atoms with Crippen molar-refractivity contribution in [3.8, 4) is 11.1 Å². The van der Waals surface area contributed by atoms with Crippen LogP contribution in [0.25, 0.3) is 11.1 Å². The van der Waals surface area contributed by atoms with E-state index in [2.05, 4.69) is 32.0 Å². The van der Waals surface area contributed by atoms with Gasteiger partial charge < -0.3 is 21.5 Å². The van der Waals surface area contributed by atoms with E-state index in [0.29, 0.717) is 16.8 Å². The Bertz CT molecular complexity index is 1500. The van der Waals surface area contributed by atoms with E-state index in [4.69, 9.17) is 21.5 Å². The Balaban J connectivity index is 0.000000146. The Morgan fingerprint density at radius 3 is 1.68 bits per heavy atom. The molecule has 6 N–H and O–H groups in total. The summed E-state index contributed by atoms with van der Waals surface area (Å²) in [5.74, 6) is -3.81. The molecule has 6 rings (SSSR count). The monoisotopic (exact) mass is 616 g/mol. The Labute approximate surface area is 237 Å². The highest BCUT2D eigenvalue weighted by Gasteiger charge is 2.18. The van der Waals surface area contributed by atoms with Gasteiger partial charge in [0.1, 0.15) is 0 Å². The average Bonchev–Trinajstić information content (AvgIpc) is 3.57. The van der Waals surface area contributed by atoms with E-state index in [1.807, 2.05) is 18.2 Å². The third kappa shape index (κ3) is 6.99. The number of aromatic nitrogens is 2. The van der Waals surface area contributed by atoms with E-state index in [-0.39, 0.29) is 5.46 Å². The molecule has 0 bridgehead atoms. The van der Waals surface area contributed by atoms with Crippen LogP contribution in [0.2, 0.25) is 0 Å². The number of aryl methyl sites for hydroxylation is 2. The van der Waals surface area contributed by atoms with Crippen molar-refractivity contribution in [3.63, 3.8) is 0 Å². The summed E-state index contributed by atoms with van der Waals surface area (Å²) in [6.07, 6.45) is 6.66. The topological polar surface area (TPSA) is 118 Å². The van der Waals surface area contributed by atoms with Crippen molar-refractivity contribution in [2.45, 2.75) is 38.5 Å². The number of hydrogen-bond acceptors (Lipinski definition) is 6. The lowest BCUT2D eigenvalue weighted by atomic mass is 9.81. The number of fused-ring (bicyclic) bond motifs is 2. The molecular formula is C28H26BBrF4N4O2. The Morgan fingerprint density at radius 2 is 1.15 bits per heavy atom. The van der Waals surface area contributed by atoms with Gasteiger partial charge in [-0.3, -0.25) is 0 Å². The smallest absolute Gasteiger partial charge is 0.423 e. The largest absolute Gasteiger partial charge is 0.488 e. The van der Waals surface area contributed by atoms with E-state index in [9.17, 15) is 17.6 Å². The molecule has 0 radical (unpaired) electrons. The van der Waals surface area contributed by atoms with E-state index in [1.165, 1.54) is 41.7 Å². The van der Waals surface area contributed by atoms with Crippen LogP contribution in [0.15, 0.2) is 53.0 Å². The fourth-order valence-electron chi connectivity index (χ4n) is 4.87. The van der Waals surface area contributed by atoms with Crippen LogP contribution in [0.1, 0.15) is 35.1 Å². The van der Waals surface area contributed by atoms with Gasteiger partial charge in [-0.25, -0.2) is 0 Å². The fourth-order valence-corrected chi connectivity index (χ4v) is 5.24. The first-order valence-electron chi connectivity index (χ1n) is 12.5. The van der Waals surface area contributed by atoms with Gasteiger partial charge >= 0.3 is 7.12 Å². The number of pyridine rings is 2. The van der Waals surface area contributed by atoms with Gasteiger partial charge in [0, 0.05) is 33.5 Å². The Morgan fingerprint density at radius 1 is 0.675 bits per heavy atom. The molecule has 2 aliphatic carbocycles. The van der Waals surface area contributed by atoms with Gasteiger partial charge in [0.05, 0.1) is 0 Å². The zero-order valence-electron chi connectivity index (χ0n) is 21.3. The van der Waals surface area contributed by atoms with Gasteiger partial charge in [0.2, 0.25) is 23.8 Å². The SMILES string of the molecule is Nc1c(-c2cc(F)nc(F)c2)ccc2c1CCC2.Nc1c(Br)ccc2c1CCC2.OB(O)c1cc(F)nc(F)c1. The predicted molar refractivity (Wildman–Crippen MR) is 151 cm³/mol. The van der Waals surface area contributed by atoms with E-state index < -0.39 is 30.9 Å². The minimum atomic E-state index is -1.87. The van der Waals surface area contributed by atoms with Crippen molar-refractivity contribution in [2.75, 3.05) is 11.5 Å². The van der Waals surface area contributed by atoms with Gasteiger partial charge in [-0.05, 0) is 106 Å². The van der Waals surface area contributed by atoms with Crippen LogP contribution >= 0.6 is 15.9 Å². The van der Waals surface area contributed by atoms with Crippen LogP contribution < -0.4 is 16.9 Å². The van der Waals surface area contributed by atoms with Crippen molar-refractivity contribution in [3.05, 3.63) is 99.0 Å². The number of nitrogen functional groups attached to an aromatic ring is 2. The molecule has 0 saturated heterocycles. The van der Waals surface area contributed by atoms with Crippen LogP contribution in [0.5, 0.6) is 0 Å². The van der Waals surface area contributed by atoms with Crippen molar-refractivity contribution in [1.82, 2.24) is 9.97 Å². The number of hydrogen-bond donors (Lipinski definition) is 4. The highest BCUT2D eigenvalue weighted by molar-refractivity contribution is 9.10. The van der Waals surface area contributed by atoms with Crippen molar-refractivity contribution < 1.29 is 27.6 Å². The van der Waals surface area contributed by atoms with Gasteiger partial charge in [0.15, 0.2) is 0 Å². The molecule has 40 heavy (non-hydrogen) atoms. The van der Waals surface area contributed by atoms with Gasteiger partial charge in [0.25, 0.3) is 0 Å². The predicted octanol–water partition coefficient (Wildman–Crippen LogP) is 4.66. The van der Waals surface area contributed by atoms with Crippen LogP contribution in [0.3, 0.4) is 0 Å². The number of benzene rings is 2. The van der Waals surface area contributed by atoms with E-state index in [0.717, 1.165) is 53.5 Å². The van der Waals surface area contributed by atoms with Crippen LogP contribution in [-0.2, 0) is 25.7 Å². The Hall–Kier alpha value is -3.48. The first-order valence-corrected chi connectivity index (χ1v) is 13.3. The lowest BCUT2D eigenvalue weighted by molar-refractivity contribution is 0.423. The van der Waals surface area contributed by atoms with Crippen molar-refractivity contribution in [2.24, 2.45) is 0 Å². The average molecular weight is 617 g/mol. The lowest BCUT2D eigenvalue weighted by Crippen LogP contribution is -2.30. The third-order valence-electron chi connectivity index (χ3n) is 6.76. The lowest BCUT2D eigenvalue weighted by Gasteiger charge is -2.11. The van der Waals surface area contributed by atoms with Crippen molar-refractivity contribution in [1.29, 1.82) is 0 Å². The molecule has 4 aromatic rings. The van der Waals surface area contributed by atoms with Crippen LogP contribution in [0.4, 0.5) is 28.9 Å². The number of anilines is 2. The maximum atomic E-state index is 13.1. The zero-order valence-corrected chi connectivity index (χ0v) is 22.9. The second-order valence-corrected chi connectivity index (χ2v) is 10.2. The molecule has 208 valence electrons. The van der Waals surface area contributed by atoms with Gasteiger partial charge in [-0.2, -0.15) is 27.5 Å². The molecule has 2 heterocycles. The van der Waals surface area contributed by atoms with Crippen molar-refractivity contribution >= 4 is 39.9 Å². The molecule has 2 aromatic heterocycles. The Kier molecular flexibility index (Phi) is 9.44. The summed E-state index contributed by atoms with van der Waals surface area (Å²) in [4.78, 5) is 5.85.